The van der Waals surface area contributed by atoms with Crippen LogP contribution in [0.4, 0.5) is 0 Å². The van der Waals surface area contributed by atoms with Crippen molar-refractivity contribution >= 4 is 8.80 Å². The second-order valence-corrected chi connectivity index (χ2v) is 5.94. The van der Waals surface area contributed by atoms with E-state index < -0.39 is 0 Å². The van der Waals surface area contributed by atoms with E-state index in [1.807, 2.05) is 0 Å². The van der Waals surface area contributed by atoms with E-state index in [1.165, 1.54) is 18.9 Å². The molecule has 0 bridgehead atoms. The van der Waals surface area contributed by atoms with Crippen LogP contribution in [0.5, 0.6) is 0 Å². The molecular weight excluding hydrogens is 152 g/mol. The van der Waals surface area contributed by atoms with Crippen LogP contribution in [-0.2, 0) is 4.74 Å². The van der Waals surface area contributed by atoms with Crippen LogP contribution in [0.1, 0.15) is 12.8 Å². The third-order valence-electron chi connectivity index (χ3n) is 1.45. The molecule has 0 aromatic heterocycles. The fraction of sp³-hybridized carbons (Fsp3) is 0.778. The van der Waals surface area contributed by atoms with E-state index in [1.54, 1.807) is 6.08 Å². The van der Waals surface area contributed by atoms with Crippen LogP contribution in [-0.4, -0.2) is 22.0 Å². The molecule has 0 amide bonds. The van der Waals surface area contributed by atoms with Crippen molar-refractivity contribution in [1.82, 2.24) is 0 Å². The largest absolute Gasteiger partial charge is 0.377 e. The molecule has 0 saturated carbocycles. The molecule has 65 valence electrons. The quantitative estimate of drug-likeness (QED) is 0.325. The molecule has 0 atom stereocenters. The highest BCUT2D eigenvalue weighted by atomic mass is 28.3. The van der Waals surface area contributed by atoms with E-state index in [4.69, 9.17) is 4.74 Å². The Hall–Kier alpha value is -0.0831. The lowest BCUT2D eigenvalue weighted by Gasteiger charge is -2.02. The minimum Gasteiger partial charge on any atom is -0.377 e. The van der Waals surface area contributed by atoms with E-state index in [0.29, 0.717) is 6.61 Å². The molecule has 0 aliphatic rings. The van der Waals surface area contributed by atoms with Crippen molar-refractivity contribution in [2.45, 2.75) is 32.0 Å². The molecule has 0 fully saturated rings. The van der Waals surface area contributed by atoms with Gasteiger partial charge in [0.2, 0.25) is 0 Å². The Bertz CT molecular complexity index is 91.6. The Kier molecular flexibility index (Phi) is 7.96. The van der Waals surface area contributed by atoms with Crippen LogP contribution in [0.15, 0.2) is 12.7 Å². The highest BCUT2D eigenvalue weighted by Gasteiger charge is 1.94. The van der Waals surface area contributed by atoms with Gasteiger partial charge in [-0.15, -0.1) is 6.58 Å². The van der Waals surface area contributed by atoms with Gasteiger partial charge in [0.1, 0.15) is 0 Å². The van der Waals surface area contributed by atoms with E-state index in [9.17, 15) is 0 Å². The summed E-state index contributed by atoms with van der Waals surface area (Å²) in [6.45, 7) is 9.91. The number of unbranched alkanes of at least 4 members (excludes halogenated alkanes) is 1. The molecule has 0 heterocycles. The zero-order chi connectivity index (χ0) is 8.53. The van der Waals surface area contributed by atoms with E-state index in [2.05, 4.69) is 19.7 Å². The summed E-state index contributed by atoms with van der Waals surface area (Å²) in [6, 6.07) is 1.42. The van der Waals surface area contributed by atoms with Crippen LogP contribution in [0.3, 0.4) is 0 Å². The number of rotatable bonds is 7. The molecule has 2 heteroatoms. The minimum atomic E-state index is -0.00286. The van der Waals surface area contributed by atoms with Crippen molar-refractivity contribution < 1.29 is 4.74 Å². The smallest absolute Gasteiger partial charge is 0.0644 e. The second kappa shape index (κ2) is 8.02. The summed E-state index contributed by atoms with van der Waals surface area (Å²) in [7, 11) is -0.00286. The van der Waals surface area contributed by atoms with Gasteiger partial charge in [0.05, 0.1) is 6.61 Å². The Morgan fingerprint density at radius 2 is 2.09 bits per heavy atom. The SMILES string of the molecule is C=CCOCCCC[Si](C)C. The fourth-order valence-electron chi connectivity index (χ4n) is 0.849. The van der Waals surface area contributed by atoms with Crippen molar-refractivity contribution in [1.29, 1.82) is 0 Å². The molecule has 0 saturated heterocycles. The lowest BCUT2D eigenvalue weighted by atomic mass is 10.4. The molecule has 0 unspecified atom stereocenters. The van der Waals surface area contributed by atoms with Crippen molar-refractivity contribution in [3.05, 3.63) is 12.7 Å². The number of ether oxygens (including phenoxy) is 1. The summed E-state index contributed by atoms with van der Waals surface area (Å²) < 4.78 is 5.26. The lowest BCUT2D eigenvalue weighted by molar-refractivity contribution is 0.159. The molecule has 0 rings (SSSR count). The van der Waals surface area contributed by atoms with Crippen molar-refractivity contribution in [2.75, 3.05) is 13.2 Å². The van der Waals surface area contributed by atoms with Gasteiger partial charge in [-0.3, -0.25) is 0 Å². The van der Waals surface area contributed by atoms with Gasteiger partial charge < -0.3 is 4.74 Å². The first-order chi connectivity index (χ1) is 5.27. The highest BCUT2D eigenvalue weighted by molar-refractivity contribution is 6.55. The normalized spacial score (nSPS) is 10.5. The van der Waals surface area contributed by atoms with Gasteiger partial charge in [-0.05, 0) is 6.42 Å². The Morgan fingerprint density at radius 3 is 2.64 bits per heavy atom. The number of hydrogen-bond acceptors (Lipinski definition) is 1. The molecule has 0 aliphatic heterocycles. The predicted molar refractivity (Wildman–Crippen MR) is 52.5 cm³/mol. The Morgan fingerprint density at radius 1 is 1.36 bits per heavy atom. The molecule has 1 radical (unpaired) electrons. The third kappa shape index (κ3) is 9.92. The maximum atomic E-state index is 5.26. The minimum absolute atomic E-state index is 0.00286. The van der Waals surface area contributed by atoms with Gasteiger partial charge in [0, 0.05) is 15.4 Å². The second-order valence-electron chi connectivity index (χ2n) is 3.03. The molecule has 0 aliphatic carbocycles. The monoisotopic (exact) mass is 171 g/mol. The first-order valence-electron chi connectivity index (χ1n) is 4.25. The van der Waals surface area contributed by atoms with Crippen LogP contribution in [0, 0.1) is 0 Å². The van der Waals surface area contributed by atoms with Gasteiger partial charge in [-0.25, -0.2) is 0 Å². The van der Waals surface area contributed by atoms with Gasteiger partial charge >= 0.3 is 0 Å². The van der Waals surface area contributed by atoms with Crippen molar-refractivity contribution in [2.24, 2.45) is 0 Å². The number of hydrogen-bond donors (Lipinski definition) is 0. The molecule has 0 aromatic rings. The molecule has 0 spiro atoms. The summed E-state index contributed by atoms with van der Waals surface area (Å²) in [5, 5.41) is 0. The van der Waals surface area contributed by atoms with Gasteiger partial charge in [-0.1, -0.05) is 31.6 Å². The van der Waals surface area contributed by atoms with Gasteiger partial charge in [0.25, 0.3) is 0 Å². The fourth-order valence-corrected chi connectivity index (χ4v) is 1.81. The molecule has 11 heavy (non-hydrogen) atoms. The summed E-state index contributed by atoms with van der Waals surface area (Å²) in [5.41, 5.74) is 0. The van der Waals surface area contributed by atoms with Crippen LogP contribution < -0.4 is 0 Å². The standard InChI is InChI=1S/C9H19OSi/c1-4-7-10-8-5-6-9-11(2)3/h4H,1,5-9H2,2-3H3. The molecule has 0 N–H and O–H groups in total. The first-order valence-corrected chi connectivity index (χ1v) is 6.95. The van der Waals surface area contributed by atoms with E-state index in [0.717, 1.165) is 6.61 Å². The molecule has 1 nitrogen and oxygen atoms in total. The Labute approximate surface area is 72.1 Å². The summed E-state index contributed by atoms with van der Waals surface area (Å²) in [5.74, 6) is 0. The van der Waals surface area contributed by atoms with Crippen molar-refractivity contribution in [3.63, 3.8) is 0 Å². The zero-order valence-corrected chi connectivity index (χ0v) is 8.73. The topological polar surface area (TPSA) is 9.23 Å². The van der Waals surface area contributed by atoms with E-state index >= 15 is 0 Å². The third-order valence-corrected chi connectivity index (χ3v) is 2.80. The molecular formula is C9H19OSi. The Balaban J connectivity index is 2.85. The maximum Gasteiger partial charge on any atom is 0.0644 e. The van der Waals surface area contributed by atoms with E-state index in [-0.39, 0.29) is 8.80 Å². The first kappa shape index (κ1) is 10.9. The van der Waals surface area contributed by atoms with Gasteiger partial charge in [-0.2, -0.15) is 0 Å². The average Bonchev–Trinajstić information content (AvgIpc) is 1.96. The van der Waals surface area contributed by atoms with Crippen molar-refractivity contribution in [3.8, 4) is 0 Å². The summed E-state index contributed by atoms with van der Waals surface area (Å²) >= 11 is 0. The lowest BCUT2D eigenvalue weighted by Crippen LogP contribution is -2.00. The molecule has 0 aromatic carbocycles. The van der Waals surface area contributed by atoms with Crippen LogP contribution >= 0.6 is 0 Å². The van der Waals surface area contributed by atoms with Gasteiger partial charge in [0.15, 0.2) is 0 Å². The average molecular weight is 171 g/mol. The maximum absolute atomic E-state index is 5.26. The van der Waals surface area contributed by atoms with Crippen LogP contribution in [0.2, 0.25) is 19.1 Å². The summed E-state index contributed by atoms with van der Waals surface area (Å²) in [6.07, 6.45) is 4.34. The zero-order valence-electron chi connectivity index (χ0n) is 7.73. The highest BCUT2D eigenvalue weighted by Crippen LogP contribution is 2.00. The predicted octanol–water partition coefficient (Wildman–Crippen LogP) is 2.72. The summed E-state index contributed by atoms with van der Waals surface area (Å²) in [4.78, 5) is 0. The van der Waals surface area contributed by atoms with Crippen LogP contribution in [0.25, 0.3) is 0 Å².